The van der Waals surface area contributed by atoms with Crippen LogP contribution in [0.4, 0.5) is 14.6 Å². The minimum atomic E-state index is -0.604. The summed E-state index contributed by atoms with van der Waals surface area (Å²) < 4.78 is 36.5. The van der Waals surface area contributed by atoms with Crippen molar-refractivity contribution in [1.29, 1.82) is 0 Å². The molecule has 164 valence electrons. The SMILES string of the molecule is Cc1ccc(F)c(Cn2cnc3c(N)nc(OC4CCC5CCCCC5C4)nc32)c1F. The van der Waals surface area contributed by atoms with Gasteiger partial charge in [0.2, 0.25) is 0 Å². The van der Waals surface area contributed by atoms with Crippen molar-refractivity contribution in [3.8, 4) is 6.01 Å². The average Bonchev–Trinajstić information content (AvgIpc) is 3.17. The summed E-state index contributed by atoms with van der Waals surface area (Å²) in [4.78, 5) is 13.1. The van der Waals surface area contributed by atoms with Gasteiger partial charge in [0.1, 0.15) is 17.7 Å². The standard InChI is InChI=1S/C23H27F2N5O/c1-13-6-9-18(24)17(19(13)25)11-30-12-27-20-21(26)28-23(29-22(20)30)31-16-8-7-14-4-2-3-5-15(14)10-16/h6,9,12,14-16H,2-5,7-8,10-11H2,1H3,(H2,26,28,29). The summed E-state index contributed by atoms with van der Waals surface area (Å²) in [5.74, 6) is 0.571. The molecule has 0 bridgehead atoms. The number of nitrogen functional groups attached to an aromatic ring is 1. The molecule has 2 saturated carbocycles. The molecule has 3 aromatic rings. The van der Waals surface area contributed by atoms with Crippen molar-refractivity contribution in [2.24, 2.45) is 11.8 Å². The number of ether oxygens (including phenoxy) is 1. The van der Waals surface area contributed by atoms with Crippen LogP contribution in [-0.4, -0.2) is 25.6 Å². The number of nitrogens with zero attached hydrogens (tertiary/aromatic N) is 4. The van der Waals surface area contributed by atoms with Gasteiger partial charge < -0.3 is 15.0 Å². The van der Waals surface area contributed by atoms with E-state index >= 15 is 0 Å². The Bertz CT molecular complexity index is 1120. The van der Waals surface area contributed by atoms with Crippen LogP contribution >= 0.6 is 0 Å². The molecule has 1 aromatic carbocycles. The van der Waals surface area contributed by atoms with Crippen LogP contribution in [0.2, 0.25) is 0 Å². The molecule has 6 nitrogen and oxygen atoms in total. The number of hydrogen-bond acceptors (Lipinski definition) is 5. The molecular weight excluding hydrogens is 400 g/mol. The fourth-order valence-corrected chi connectivity index (χ4v) is 5.23. The second-order valence-electron chi connectivity index (χ2n) is 8.95. The van der Waals surface area contributed by atoms with Gasteiger partial charge in [-0.1, -0.05) is 31.7 Å². The van der Waals surface area contributed by atoms with Crippen molar-refractivity contribution in [2.75, 3.05) is 5.73 Å². The maximum atomic E-state index is 14.5. The first-order valence-corrected chi connectivity index (χ1v) is 11.1. The molecule has 0 amide bonds. The van der Waals surface area contributed by atoms with E-state index < -0.39 is 11.6 Å². The fourth-order valence-electron chi connectivity index (χ4n) is 5.23. The molecule has 2 N–H and O–H groups in total. The highest BCUT2D eigenvalue weighted by Crippen LogP contribution is 2.41. The monoisotopic (exact) mass is 427 g/mol. The smallest absolute Gasteiger partial charge is 0.320 e. The lowest BCUT2D eigenvalue weighted by atomic mass is 9.70. The molecule has 0 radical (unpaired) electrons. The molecule has 0 aliphatic heterocycles. The van der Waals surface area contributed by atoms with Gasteiger partial charge >= 0.3 is 6.01 Å². The third-order valence-corrected chi connectivity index (χ3v) is 6.94. The van der Waals surface area contributed by atoms with Crippen LogP contribution in [0.25, 0.3) is 11.2 Å². The summed E-state index contributed by atoms with van der Waals surface area (Å²) in [6.45, 7) is 1.57. The summed E-state index contributed by atoms with van der Waals surface area (Å²) in [5, 5.41) is 0. The second kappa shape index (κ2) is 8.05. The molecule has 2 aliphatic rings. The first kappa shape index (κ1) is 20.2. The number of hydrogen-bond donors (Lipinski definition) is 1. The normalized spacial score (nSPS) is 23.6. The van der Waals surface area contributed by atoms with Gasteiger partial charge in [0.15, 0.2) is 17.0 Å². The number of fused-ring (bicyclic) bond motifs is 2. The Balaban J connectivity index is 1.41. The highest BCUT2D eigenvalue weighted by atomic mass is 19.1. The predicted octanol–water partition coefficient (Wildman–Crippen LogP) is 4.78. The number of anilines is 1. The Morgan fingerprint density at radius 2 is 1.90 bits per heavy atom. The van der Waals surface area contributed by atoms with Crippen molar-refractivity contribution < 1.29 is 13.5 Å². The summed E-state index contributed by atoms with van der Waals surface area (Å²) in [6, 6.07) is 2.90. The van der Waals surface area contributed by atoms with Crippen molar-refractivity contribution >= 4 is 17.0 Å². The topological polar surface area (TPSA) is 78.9 Å². The maximum Gasteiger partial charge on any atom is 0.320 e. The predicted molar refractivity (Wildman–Crippen MR) is 114 cm³/mol. The number of imidazole rings is 1. The van der Waals surface area contributed by atoms with Gasteiger partial charge in [-0.3, -0.25) is 0 Å². The number of benzene rings is 1. The van der Waals surface area contributed by atoms with E-state index in [0.29, 0.717) is 22.6 Å². The first-order chi connectivity index (χ1) is 15.0. The Kier molecular flexibility index (Phi) is 5.24. The molecule has 0 spiro atoms. The quantitative estimate of drug-likeness (QED) is 0.648. The molecule has 0 saturated heterocycles. The number of halogens is 2. The zero-order valence-electron chi connectivity index (χ0n) is 17.7. The molecule has 3 atom stereocenters. The fraction of sp³-hybridized carbons (Fsp3) is 0.522. The van der Waals surface area contributed by atoms with E-state index in [4.69, 9.17) is 10.5 Å². The number of rotatable bonds is 4. The first-order valence-electron chi connectivity index (χ1n) is 11.1. The van der Waals surface area contributed by atoms with E-state index in [1.807, 2.05) is 0 Å². The van der Waals surface area contributed by atoms with E-state index in [9.17, 15) is 8.78 Å². The molecule has 31 heavy (non-hydrogen) atoms. The Labute approximate surface area is 179 Å². The molecule has 2 aromatic heterocycles. The Morgan fingerprint density at radius 1 is 1.10 bits per heavy atom. The van der Waals surface area contributed by atoms with Crippen LogP contribution < -0.4 is 10.5 Å². The molecule has 2 aliphatic carbocycles. The Hall–Kier alpha value is -2.77. The third kappa shape index (κ3) is 3.83. The summed E-state index contributed by atoms with van der Waals surface area (Å²) in [7, 11) is 0. The van der Waals surface area contributed by atoms with Crippen molar-refractivity contribution in [1.82, 2.24) is 19.5 Å². The number of aromatic nitrogens is 4. The Morgan fingerprint density at radius 3 is 2.74 bits per heavy atom. The van der Waals surface area contributed by atoms with Gasteiger partial charge in [0.05, 0.1) is 12.9 Å². The van der Waals surface area contributed by atoms with Crippen LogP contribution in [0, 0.1) is 30.4 Å². The molecular formula is C23H27F2N5O. The summed E-state index contributed by atoms with van der Waals surface area (Å²) in [5.41, 5.74) is 7.27. The third-order valence-electron chi connectivity index (χ3n) is 6.94. The summed E-state index contributed by atoms with van der Waals surface area (Å²) >= 11 is 0. The molecule has 2 heterocycles. The van der Waals surface area contributed by atoms with E-state index in [1.54, 1.807) is 11.5 Å². The zero-order chi connectivity index (χ0) is 21.5. The lowest BCUT2D eigenvalue weighted by molar-refractivity contribution is 0.0590. The van der Waals surface area contributed by atoms with E-state index in [1.165, 1.54) is 50.6 Å². The van der Waals surface area contributed by atoms with Crippen LogP contribution in [-0.2, 0) is 6.54 Å². The maximum absolute atomic E-state index is 14.5. The lowest BCUT2D eigenvalue weighted by Gasteiger charge is -2.38. The van der Waals surface area contributed by atoms with Crippen LogP contribution in [0.5, 0.6) is 6.01 Å². The largest absolute Gasteiger partial charge is 0.460 e. The highest BCUT2D eigenvalue weighted by Gasteiger charge is 2.33. The molecule has 3 unspecified atom stereocenters. The van der Waals surface area contributed by atoms with E-state index in [2.05, 4.69) is 15.0 Å². The number of aryl methyl sites for hydroxylation is 1. The van der Waals surface area contributed by atoms with Crippen molar-refractivity contribution in [3.63, 3.8) is 0 Å². The number of nitrogens with two attached hydrogens (primary N) is 1. The molecule has 8 heteroatoms. The van der Waals surface area contributed by atoms with Gasteiger partial charge in [-0.2, -0.15) is 9.97 Å². The van der Waals surface area contributed by atoms with E-state index in [0.717, 1.165) is 18.8 Å². The summed E-state index contributed by atoms with van der Waals surface area (Å²) in [6.07, 6.45) is 9.98. The minimum Gasteiger partial charge on any atom is -0.460 e. The second-order valence-corrected chi connectivity index (χ2v) is 8.95. The molecule has 5 rings (SSSR count). The van der Waals surface area contributed by atoms with E-state index in [-0.39, 0.29) is 30.0 Å². The van der Waals surface area contributed by atoms with Crippen LogP contribution in [0.3, 0.4) is 0 Å². The molecule has 2 fully saturated rings. The zero-order valence-corrected chi connectivity index (χ0v) is 17.7. The van der Waals surface area contributed by atoms with Gasteiger partial charge in [-0.25, -0.2) is 13.8 Å². The van der Waals surface area contributed by atoms with Crippen LogP contribution in [0.15, 0.2) is 18.5 Å². The average molecular weight is 427 g/mol. The van der Waals surface area contributed by atoms with Gasteiger partial charge in [-0.05, 0) is 49.7 Å². The van der Waals surface area contributed by atoms with Crippen molar-refractivity contribution in [2.45, 2.75) is 64.5 Å². The van der Waals surface area contributed by atoms with Crippen LogP contribution in [0.1, 0.15) is 56.1 Å². The van der Waals surface area contributed by atoms with Gasteiger partial charge in [-0.15, -0.1) is 0 Å². The van der Waals surface area contributed by atoms with Crippen molar-refractivity contribution in [3.05, 3.63) is 41.2 Å². The lowest BCUT2D eigenvalue weighted by Crippen LogP contribution is -2.33. The van der Waals surface area contributed by atoms with Gasteiger partial charge in [0, 0.05) is 5.56 Å². The van der Waals surface area contributed by atoms with Gasteiger partial charge in [0.25, 0.3) is 0 Å². The highest BCUT2D eigenvalue weighted by molar-refractivity contribution is 5.82. The minimum absolute atomic E-state index is 0.0328.